The predicted octanol–water partition coefficient (Wildman–Crippen LogP) is 3.92. The van der Waals surface area contributed by atoms with E-state index < -0.39 is 0 Å². The number of aromatic nitrogens is 1. The van der Waals surface area contributed by atoms with Crippen LogP contribution in [0.15, 0.2) is 47.3 Å². The number of aryl methyl sites for hydroxylation is 3. The number of hydrogen-bond donors (Lipinski definition) is 2. The normalized spacial score (nSPS) is 10.8. The van der Waals surface area contributed by atoms with Crippen molar-refractivity contribution >= 4 is 28.3 Å². The van der Waals surface area contributed by atoms with Crippen molar-refractivity contribution in [1.29, 1.82) is 0 Å². The molecule has 2 N–H and O–H groups in total. The highest BCUT2D eigenvalue weighted by Crippen LogP contribution is 2.18. The maximum Gasteiger partial charge on any atom is 0.251 e. The molecule has 0 aliphatic rings. The topological polar surface area (TPSA) is 79.0 Å². The summed E-state index contributed by atoms with van der Waals surface area (Å²) in [6.45, 7) is 5.52. The number of ketones is 1. The highest BCUT2D eigenvalue weighted by Gasteiger charge is 2.09. The van der Waals surface area contributed by atoms with Crippen LogP contribution in [0.3, 0.4) is 0 Å². The Morgan fingerprint density at radius 2 is 1.78 bits per heavy atom. The Bertz CT molecular complexity index is 1100. The van der Waals surface area contributed by atoms with Gasteiger partial charge in [0.25, 0.3) is 5.56 Å². The van der Waals surface area contributed by atoms with Crippen LogP contribution in [0.25, 0.3) is 10.9 Å². The number of anilines is 1. The third-order valence-corrected chi connectivity index (χ3v) is 4.71. The number of nitrogens with one attached hydrogen (secondary N) is 2. The number of hydrogen-bond acceptors (Lipinski definition) is 3. The Labute approximate surface area is 157 Å². The number of carbonyl (C=O) groups is 2. The van der Waals surface area contributed by atoms with E-state index in [-0.39, 0.29) is 23.7 Å². The number of aromatic amines is 1. The van der Waals surface area contributed by atoms with Gasteiger partial charge in [-0.15, -0.1) is 0 Å². The molecule has 5 heteroatoms. The van der Waals surface area contributed by atoms with Crippen molar-refractivity contribution in [2.24, 2.45) is 0 Å². The van der Waals surface area contributed by atoms with Crippen LogP contribution in [0.2, 0.25) is 0 Å². The zero-order chi connectivity index (χ0) is 19.6. The van der Waals surface area contributed by atoms with Crippen molar-refractivity contribution in [1.82, 2.24) is 4.98 Å². The second kappa shape index (κ2) is 7.58. The van der Waals surface area contributed by atoms with Crippen LogP contribution in [0.5, 0.6) is 0 Å². The summed E-state index contributed by atoms with van der Waals surface area (Å²) in [5, 5.41) is 3.74. The lowest BCUT2D eigenvalue weighted by molar-refractivity contribution is -0.116. The molecule has 1 heterocycles. The molecule has 0 aliphatic heterocycles. The molecule has 0 saturated carbocycles. The lowest BCUT2D eigenvalue weighted by Crippen LogP contribution is -2.17. The average Bonchev–Trinajstić information content (AvgIpc) is 2.62. The van der Waals surface area contributed by atoms with Gasteiger partial charge in [-0.25, -0.2) is 0 Å². The van der Waals surface area contributed by atoms with Gasteiger partial charge in [0, 0.05) is 28.8 Å². The van der Waals surface area contributed by atoms with Gasteiger partial charge in [-0.2, -0.15) is 0 Å². The van der Waals surface area contributed by atoms with E-state index in [9.17, 15) is 14.4 Å². The van der Waals surface area contributed by atoms with Crippen molar-refractivity contribution in [3.8, 4) is 0 Å². The Morgan fingerprint density at radius 3 is 2.52 bits per heavy atom. The minimum Gasteiger partial charge on any atom is -0.326 e. The number of H-pyrrole nitrogens is 1. The molecule has 0 bridgehead atoms. The number of amides is 1. The third-order valence-electron chi connectivity index (χ3n) is 4.71. The van der Waals surface area contributed by atoms with Crippen LogP contribution < -0.4 is 10.9 Å². The molecule has 5 nitrogen and oxygen atoms in total. The Kier molecular flexibility index (Phi) is 5.21. The zero-order valence-electron chi connectivity index (χ0n) is 15.7. The van der Waals surface area contributed by atoms with E-state index in [0.717, 1.165) is 22.0 Å². The minimum absolute atomic E-state index is 0.0562. The van der Waals surface area contributed by atoms with Gasteiger partial charge in [0.05, 0.1) is 0 Å². The van der Waals surface area contributed by atoms with E-state index in [0.29, 0.717) is 23.2 Å². The number of rotatable bonds is 5. The molecule has 27 heavy (non-hydrogen) atoms. The zero-order valence-corrected chi connectivity index (χ0v) is 15.7. The Hall–Kier alpha value is -3.21. The maximum atomic E-state index is 12.3. The minimum atomic E-state index is -0.199. The first-order chi connectivity index (χ1) is 12.8. The molecule has 1 amide bonds. The second-order valence-electron chi connectivity index (χ2n) is 6.83. The molecular formula is C22H22N2O3. The molecule has 0 aliphatic carbocycles. The standard InChI is InChI=1S/C22H22N2O3/c1-13-9-18-11-17(22(27)24-20(18)10-14(13)2)7-8-21(26)23-19-6-4-5-16(12-19)15(3)25/h4-6,9-12H,7-8H2,1-3H3,(H,23,26)(H,24,27). The van der Waals surface area contributed by atoms with Crippen LogP contribution in [0.1, 0.15) is 40.4 Å². The molecule has 0 radical (unpaired) electrons. The number of fused-ring (bicyclic) bond motifs is 1. The molecule has 0 spiro atoms. The van der Waals surface area contributed by atoms with Crippen LogP contribution in [0, 0.1) is 13.8 Å². The van der Waals surface area contributed by atoms with Gasteiger partial charge in [0.15, 0.2) is 5.78 Å². The summed E-state index contributed by atoms with van der Waals surface area (Å²) in [5.74, 6) is -0.255. The lowest BCUT2D eigenvalue weighted by atomic mass is 10.0. The number of benzene rings is 2. The first-order valence-corrected chi connectivity index (χ1v) is 8.87. The smallest absolute Gasteiger partial charge is 0.251 e. The maximum absolute atomic E-state index is 12.3. The summed E-state index contributed by atoms with van der Waals surface area (Å²) in [5.41, 5.74) is 4.62. The van der Waals surface area contributed by atoms with Crippen molar-refractivity contribution < 1.29 is 9.59 Å². The van der Waals surface area contributed by atoms with Gasteiger partial charge >= 0.3 is 0 Å². The van der Waals surface area contributed by atoms with Gasteiger partial charge in [0.2, 0.25) is 5.91 Å². The Balaban J connectivity index is 1.72. The fourth-order valence-corrected chi connectivity index (χ4v) is 3.00. The molecule has 0 fully saturated rings. The molecule has 0 atom stereocenters. The number of Topliss-reactive ketones (excluding diaryl/α,β-unsaturated/α-hetero) is 1. The van der Waals surface area contributed by atoms with Gasteiger partial charge < -0.3 is 10.3 Å². The summed E-state index contributed by atoms with van der Waals surface area (Å²) in [4.78, 5) is 38.9. The van der Waals surface area contributed by atoms with Crippen LogP contribution in [0.4, 0.5) is 5.69 Å². The Morgan fingerprint density at radius 1 is 1.04 bits per heavy atom. The van der Waals surface area contributed by atoms with E-state index in [4.69, 9.17) is 0 Å². The largest absolute Gasteiger partial charge is 0.326 e. The fourth-order valence-electron chi connectivity index (χ4n) is 3.00. The second-order valence-corrected chi connectivity index (χ2v) is 6.83. The van der Waals surface area contributed by atoms with E-state index in [2.05, 4.69) is 10.3 Å². The van der Waals surface area contributed by atoms with Crippen molar-refractivity contribution in [2.75, 3.05) is 5.32 Å². The van der Waals surface area contributed by atoms with Crippen molar-refractivity contribution in [3.63, 3.8) is 0 Å². The lowest BCUT2D eigenvalue weighted by Gasteiger charge is -2.08. The highest BCUT2D eigenvalue weighted by atomic mass is 16.1. The van der Waals surface area contributed by atoms with Crippen LogP contribution in [-0.4, -0.2) is 16.7 Å². The molecule has 2 aromatic carbocycles. The molecule has 3 aromatic rings. The van der Waals surface area contributed by atoms with Crippen LogP contribution >= 0.6 is 0 Å². The van der Waals surface area contributed by atoms with Gasteiger partial charge in [-0.05, 0) is 74.0 Å². The van der Waals surface area contributed by atoms with E-state index in [1.807, 2.05) is 32.0 Å². The van der Waals surface area contributed by atoms with Gasteiger partial charge in [-0.3, -0.25) is 14.4 Å². The van der Waals surface area contributed by atoms with Crippen molar-refractivity contribution in [3.05, 3.63) is 75.1 Å². The molecular weight excluding hydrogens is 340 g/mol. The SMILES string of the molecule is CC(=O)c1cccc(NC(=O)CCc2cc3cc(C)c(C)cc3[nH]c2=O)c1. The molecule has 3 rings (SSSR count). The molecule has 1 aromatic heterocycles. The van der Waals surface area contributed by atoms with E-state index >= 15 is 0 Å². The molecule has 138 valence electrons. The predicted molar refractivity (Wildman–Crippen MR) is 107 cm³/mol. The summed E-state index contributed by atoms with van der Waals surface area (Å²) in [6.07, 6.45) is 0.528. The summed E-state index contributed by atoms with van der Waals surface area (Å²) in [7, 11) is 0. The molecule has 0 unspecified atom stereocenters. The van der Waals surface area contributed by atoms with E-state index in [1.54, 1.807) is 24.3 Å². The first kappa shape index (κ1) is 18.6. The first-order valence-electron chi connectivity index (χ1n) is 8.87. The third kappa shape index (κ3) is 4.31. The molecule has 0 saturated heterocycles. The quantitative estimate of drug-likeness (QED) is 0.675. The van der Waals surface area contributed by atoms with Gasteiger partial charge in [-0.1, -0.05) is 12.1 Å². The van der Waals surface area contributed by atoms with Crippen molar-refractivity contribution in [2.45, 2.75) is 33.6 Å². The van der Waals surface area contributed by atoms with Crippen LogP contribution in [-0.2, 0) is 11.2 Å². The highest BCUT2D eigenvalue weighted by molar-refractivity contribution is 5.97. The monoisotopic (exact) mass is 362 g/mol. The summed E-state index contributed by atoms with van der Waals surface area (Å²) >= 11 is 0. The number of carbonyl (C=O) groups excluding carboxylic acids is 2. The number of pyridine rings is 1. The summed E-state index contributed by atoms with van der Waals surface area (Å²) < 4.78 is 0. The fraction of sp³-hybridized carbons (Fsp3) is 0.227. The average molecular weight is 362 g/mol. The summed E-state index contributed by atoms with van der Waals surface area (Å²) in [6, 6.07) is 12.7. The van der Waals surface area contributed by atoms with E-state index in [1.165, 1.54) is 6.92 Å². The van der Waals surface area contributed by atoms with Gasteiger partial charge in [0.1, 0.15) is 0 Å².